The van der Waals surface area contributed by atoms with Crippen LogP contribution in [-0.4, -0.2) is 4.98 Å². The second kappa shape index (κ2) is 5.43. The highest BCUT2D eigenvalue weighted by Crippen LogP contribution is 2.28. The predicted molar refractivity (Wildman–Crippen MR) is 71.9 cm³/mol. The Labute approximate surface area is 112 Å². The van der Waals surface area contributed by atoms with E-state index < -0.39 is 6.04 Å². The van der Waals surface area contributed by atoms with Crippen molar-refractivity contribution in [2.45, 2.75) is 6.04 Å². The molecule has 0 saturated heterocycles. The van der Waals surface area contributed by atoms with Crippen molar-refractivity contribution in [3.05, 3.63) is 57.9 Å². The lowest BCUT2D eigenvalue weighted by atomic mass is 9.99. The van der Waals surface area contributed by atoms with Gasteiger partial charge in [-0.1, -0.05) is 28.1 Å². The first kappa shape index (κ1) is 12.9. The quantitative estimate of drug-likeness (QED) is 0.599. The highest BCUT2D eigenvalue weighted by atomic mass is 79.9. The van der Waals surface area contributed by atoms with E-state index in [-0.39, 0.29) is 5.82 Å². The molecule has 0 aliphatic heterocycles. The zero-order valence-electron chi connectivity index (χ0n) is 9.40. The molecule has 1 heterocycles. The third-order valence-corrected chi connectivity index (χ3v) is 3.12. The van der Waals surface area contributed by atoms with E-state index in [0.717, 1.165) is 0 Å². The van der Waals surface area contributed by atoms with Crippen LogP contribution in [0.2, 0.25) is 0 Å². The number of aromatic nitrogens is 1. The maximum Gasteiger partial charge on any atom is 0.129 e. The van der Waals surface area contributed by atoms with Crippen molar-refractivity contribution >= 4 is 21.7 Å². The van der Waals surface area contributed by atoms with Crippen LogP contribution in [0.4, 0.5) is 10.2 Å². The minimum Gasteiger partial charge on any atom is -0.383 e. The maximum atomic E-state index is 13.9. The average Bonchev–Trinajstić information content (AvgIpc) is 2.34. The maximum absolute atomic E-state index is 13.9. The molecule has 6 heteroatoms. The molecule has 0 radical (unpaired) electrons. The van der Waals surface area contributed by atoms with E-state index in [4.69, 9.17) is 11.6 Å². The highest BCUT2D eigenvalue weighted by molar-refractivity contribution is 9.10. The second-order valence-corrected chi connectivity index (χ2v) is 4.66. The molecular weight excluding hydrogens is 299 g/mol. The van der Waals surface area contributed by atoms with Gasteiger partial charge in [0, 0.05) is 21.8 Å². The Kier molecular flexibility index (Phi) is 3.90. The number of hydrazine groups is 1. The van der Waals surface area contributed by atoms with Crippen LogP contribution in [0.1, 0.15) is 17.2 Å². The first-order valence-electron chi connectivity index (χ1n) is 5.25. The van der Waals surface area contributed by atoms with Gasteiger partial charge in [-0.25, -0.2) is 14.8 Å². The Balaban J connectivity index is 2.49. The Bertz CT molecular complexity index is 562. The van der Waals surface area contributed by atoms with Crippen LogP contribution in [0.3, 0.4) is 0 Å². The predicted octanol–water partition coefficient (Wildman–Crippen LogP) is 2.12. The summed E-state index contributed by atoms with van der Waals surface area (Å²) < 4.78 is 14.6. The molecule has 0 amide bonds. The zero-order chi connectivity index (χ0) is 13.1. The smallest absolute Gasteiger partial charge is 0.129 e. The van der Waals surface area contributed by atoms with Crippen molar-refractivity contribution in [3.63, 3.8) is 0 Å². The van der Waals surface area contributed by atoms with Gasteiger partial charge >= 0.3 is 0 Å². The van der Waals surface area contributed by atoms with E-state index in [2.05, 4.69) is 26.3 Å². The molecule has 1 unspecified atom stereocenters. The first-order valence-corrected chi connectivity index (χ1v) is 6.04. The van der Waals surface area contributed by atoms with Gasteiger partial charge in [-0.3, -0.25) is 5.84 Å². The van der Waals surface area contributed by atoms with Gasteiger partial charge in [-0.05, 0) is 18.2 Å². The lowest BCUT2D eigenvalue weighted by Crippen LogP contribution is -2.30. The summed E-state index contributed by atoms with van der Waals surface area (Å²) in [4.78, 5) is 3.97. The third-order valence-electron chi connectivity index (χ3n) is 2.62. The summed E-state index contributed by atoms with van der Waals surface area (Å²) in [6.45, 7) is 0. The Morgan fingerprint density at radius 3 is 2.67 bits per heavy atom. The summed E-state index contributed by atoms with van der Waals surface area (Å²) in [5.74, 6) is 5.46. The Morgan fingerprint density at radius 2 is 2.06 bits per heavy atom. The van der Waals surface area contributed by atoms with Gasteiger partial charge in [0.25, 0.3) is 0 Å². The fraction of sp³-hybridized carbons (Fsp3) is 0.0833. The molecule has 1 aromatic heterocycles. The number of nitrogens with two attached hydrogens (primary N) is 2. The lowest BCUT2D eigenvalue weighted by Gasteiger charge is -2.18. The number of halogens is 2. The fourth-order valence-corrected chi connectivity index (χ4v) is 2.09. The van der Waals surface area contributed by atoms with Crippen molar-refractivity contribution in [2.75, 3.05) is 5.73 Å². The monoisotopic (exact) mass is 310 g/mol. The molecule has 2 aromatic rings. The van der Waals surface area contributed by atoms with E-state index in [0.29, 0.717) is 21.4 Å². The van der Waals surface area contributed by atoms with Crippen LogP contribution < -0.4 is 17.0 Å². The van der Waals surface area contributed by atoms with Gasteiger partial charge in [0.1, 0.15) is 11.6 Å². The summed E-state index contributed by atoms with van der Waals surface area (Å²) in [5.41, 5.74) is 9.39. The lowest BCUT2D eigenvalue weighted by molar-refractivity contribution is 0.559. The van der Waals surface area contributed by atoms with Gasteiger partial charge in [0.15, 0.2) is 0 Å². The molecule has 5 N–H and O–H groups in total. The summed E-state index contributed by atoms with van der Waals surface area (Å²) >= 11 is 3.21. The number of pyridine rings is 1. The summed E-state index contributed by atoms with van der Waals surface area (Å²) in [6.07, 6.45) is 1.57. The number of hydrogen-bond acceptors (Lipinski definition) is 4. The normalized spacial score (nSPS) is 12.4. The largest absolute Gasteiger partial charge is 0.383 e. The molecular formula is C12H12BrFN4. The van der Waals surface area contributed by atoms with Gasteiger partial charge in [0.2, 0.25) is 0 Å². The number of benzene rings is 1. The van der Waals surface area contributed by atoms with Crippen molar-refractivity contribution in [3.8, 4) is 0 Å². The average molecular weight is 311 g/mol. The Morgan fingerprint density at radius 1 is 1.28 bits per heavy atom. The van der Waals surface area contributed by atoms with E-state index in [9.17, 15) is 4.39 Å². The van der Waals surface area contributed by atoms with E-state index in [1.54, 1.807) is 30.5 Å². The van der Waals surface area contributed by atoms with Gasteiger partial charge in [-0.15, -0.1) is 0 Å². The standard InChI is InChI=1S/C12H12BrFN4/c13-7-3-4-8(10(14)6-7)11(18-16)9-2-1-5-17-12(9)15/h1-6,11,18H,16H2,(H2,15,17). The van der Waals surface area contributed by atoms with Crippen LogP contribution in [0, 0.1) is 5.82 Å². The number of hydrogen-bond donors (Lipinski definition) is 3. The first-order chi connectivity index (χ1) is 8.63. The van der Waals surface area contributed by atoms with Crippen LogP contribution in [0.5, 0.6) is 0 Å². The van der Waals surface area contributed by atoms with Crippen LogP contribution in [0.15, 0.2) is 41.0 Å². The van der Waals surface area contributed by atoms with Gasteiger partial charge in [-0.2, -0.15) is 0 Å². The van der Waals surface area contributed by atoms with E-state index in [1.165, 1.54) is 6.07 Å². The minimum absolute atomic E-state index is 0.322. The molecule has 0 bridgehead atoms. The van der Waals surface area contributed by atoms with E-state index >= 15 is 0 Å². The molecule has 0 fully saturated rings. The van der Waals surface area contributed by atoms with Crippen LogP contribution in [0.25, 0.3) is 0 Å². The second-order valence-electron chi connectivity index (χ2n) is 3.74. The molecule has 1 atom stereocenters. The molecule has 2 rings (SSSR count). The summed E-state index contributed by atoms with van der Waals surface area (Å²) in [7, 11) is 0. The molecule has 18 heavy (non-hydrogen) atoms. The topological polar surface area (TPSA) is 77.0 Å². The summed E-state index contributed by atoms with van der Waals surface area (Å²) in [6, 6.07) is 7.73. The van der Waals surface area contributed by atoms with Crippen molar-refractivity contribution in [1.82, 2.24) is 10.4 Å². The SMILES string of the molecule is NNC(c1ccc(Br)cc1F)c1cccnc1N. The molecule has 0 spiro atoms. The molecule has 4 nitrogen and oxygen atoms in total. The van der Waals surface area contributed by atoms with Crippen LogP contribution >= 0.6 is 15.9 Å². The van der Waals surface area contributed by atoms with Crippen molar-refractivity contribution in [2.24, 2.45) is 5.84 Å². The van der Waals surface area contributed by atoms with Gasteiger partial charge in [0.05, 0.1) is 6.04 Å². The molecule has 94 valence electrons. The molecule has 0 aliphatic rings. The summed E-state index contributed by atoms with van der Waals surface area (Å²) in [5, 5.41) is 0. The molecule has 0 aliphatic carbocycles. The number of nitrogens with one attached hydrogen (secondary N) is 1. The van der Waals surface area contributed by atoms with Crippen molar-refractivity contribution < 1.29 is 4.39 Å². The third kappa shape index (κ3) is 2.50. The molecule has 0 saturated carbocycles. The number of anilines is 1. The van der Waals surface area contributed by atoms with Crippen molar-refractivity contribution in [1.29, 1.82) is 0 Å². The number of nitrogen functional groups attached to an aromatic ring is 1. The minimum atomic E-state index is -0.535. The zero-order valence-corrected chi connectivity index (χ0v) is 11.0. The highest BCUT2D eigenvalue weighted by Gasteiger charge is 2.19. The number of nitrogens with zero attached hydrogens (tertiary/aromatic N) is 1. The molecule has 1 aromatic carbocycles. The van der Waals surface area contributed by atoms with E-state index in [1.807, 2.05) is 0 Å². The fourth-order valence-electron chi connectivity index (χ4n) is 1.76. The Hall–Kier alpha value is -1.50. The van der Waals surface area contributed by atoms with Gasteiger partial charge < -0.3 is 5.73 Å². The van der Waals surface area contributed by atoms with Crippen LogP contribution in [-0.2, 0) is 0 Å². The number of rotatable bonds is 3.